The van der Waals surface area contributed by atoms with Gasteiger partial charge in [-0.25, -0.2) is 19.3 Å². The zero-order chi connectivity index (χ0) is 15.4. The van der Waals surface area contributed by atoms with Gasteiger partial charge in [-0.2, -0.15) is 5.26 Å². The van der Waals surface area contributed by atoms with Crippen molar-refractivity contribution in [3.05, 3.63) is 42.2 Å². The van der Waals surface area contributed by atoms with Gasteiger partial charge < -0.3 is 9.64 Å². The van der Waals surface area contributed by atoms with Crippen molar-refractivity contribution >= 4 is 5.69 Å². The summed E-state index contributed by atoms with van der Waals surface area (Å²) in [5.41, 5.74) is 1.28. The maximum absolute atomic E-state index is 12.8. The molecule has 0 aromatic carbocycles. The van der Waals surface area contributed by atoms with Crippen molar-refractivity contribution in [1.29, 1.82) is 5.26 Å². The fourth-order valence-electron chi connectivity index (χ4n) is 2.46. The van der Waals surface area contributed by atoms with Gasteiger partial charge in [0.25, 0.3) is 0 Å². The van der Waals surface area contributed by atoms with Crippen molar-refractivity contribution in [2.45, 2.75) is 18.9 Å². The molecule has 2 aromatic heterocycles. The summed E-state index contributed by atoms with van der Waals surface area (Å²) in [5.74, 6) is -0.484. The first-order valence-corrected chi connectivity index (χ1v) is 7.00. The van der Waals surface area contributed by atoms with Gasteiger partial charge in [0.05, 0.1) is 18.1 Å². The molecule has 0 aliphatic carbocycles. The first-order valence-electron chi connectivity index (χ1n) is 7.00. The Labute approximate surface area is 127 Å². The fourth-order valence-corrected chi connectivity index (χ4v) is 2.46. The number of rotatable bonds is 3. The van der Waals surface area contributed by atoms with Crippen LogP contribution in [0.5, 0.6) is 6.01 Å². The van der Waals surface area contributed by atoms with Crippen LogP contribution in [-0.4, -0.2) is 34.1 Å². The molecular formula is C15H14FN5O. The second-order valence-electron chi connectivity index (χ2n) is 4.97. The minimum atomic E-state index is -0.484. The van der Waals surface area contributed by atoms with Gasteiger partial charge in [-0.15, -0.1) is 0 Å². The van der Waals surface area contributed by atoms with Crippen LogP contribution in [0.25, 0.3) is 0 Å². The molecule has 0 N–H and O–H groups in total. The lowest BCUT2D eigenvalue weighted by molar-refractivity contribution is 0.156. The largest absolute Gasteiger partial charge is 0.460 e. The van der Waals surface area contributed by atoms with E-state index in [9.17, 15) is 4.39 Å². The number of ether oxygens (including phenoxy) is 1. The number of halogens is 1. The predicted octanol–water partition coefficient (Wildman–Crippen LogP) is 1.93. The van der Waals surface area contributed by atoms with Crippen LogP contribution in [0.4, 0.5) is 10.1 Å². The zero-order valence-electron chi connectivity index (χ0n) is 11.8. The third-order valence-electron chi connectivity index (χ3n) is 3.54. The molecule has 3 rings (SSSR count). The van der Waals surface area contributed by atoms with E-state index in [1.165, 1.54) is 0 Å². The van der Waals surface area contributed by atoms with Gasteiger partial charge in [0.1, 0.15) is 12.2 Å². The van der Waals surface area contributed by atoms with Crippen LogP contribution in [0, 0.1) is 17.1 Å². The first-order chi connectivity index (χ1) is 10.8. The zero-order valence-corrected chi connectivity index (χ0v) is 11.8. The van der Waals surface area contributed by atoms with E-state index in [4.69, 9.17) is 10.00 Å². The molecule has 1 fully saturated rings. The van der Waals surface area contributed by atoms with Crippen molar-refractivity contribution in [3.8, 4) is 12.1 Å². The molecule has 7 heteroatoms. The Morgan fingerprint density at radius 2 is 1.95 bits per heavy atom. The summed E-state index contributed by atoms with van der Waals surface area (Å²) in [6.07, 6.45) is 5.34. The molecule has 3 heterocycles. The first kappa shape index (κ1) is 14.2. The Morgan fingerprint density at radius 1 is 1.23 bits per heavy atom. The van der Waals surface area contributed by atoms with E-state index < -0.39 is 5.82 Å². The maximum atomic E-state index is 12.8. The molecule has 0 spiro atoms. The van der Waals surface area contributed by atoms with Crippen LogP contribution in [0.1, 0.15) is 18.5 Å². The van der Waals surface area contributed by atoms with E-state index in [0.29, 0.717) is 5.69 Å². The van der Waals surface area contributed by atoms with Crippen molar-refractivity contribution < 1.29 is 9.13 Å². The molecule has 0 radical (unpaired) electrons. The van der Waals surface area contributed by atoms with Crippen molar-refractivity contribution in [2.75, 3.05) is 18.0 Å². The van der Waals surface area contributed by atoms with Crippen molar-refractivity contribution in [2.24, 2.45) is 0 Å². The lowest BCUT2D eigenvalue weighted by Crippen LogP contribution is -2.39. The van der Waals surface area contributed by atoms with Crippen LogP contribution >= 0.6 is 0 Å². The van der Waals surface area contributed by atoms with Crippen molar-refractivity contribution in [3.63, 3.8) is 0 Å². The highest BCUT2D eigenvalue weighted by molar-refractivity contribution is 5.55. The molecule has 2 aromatic rings. The smallest absolute Gasteiger partial charge is 0.316 e. The highest BCUT2D eigenvalue weighted by Crippen LogP contribution is 2.23. The third-order valence-corrected chi connectivity index (χ3v) is 3.54. The highest BCUT2D eigenvalue weighted by Gasteiger charge is 2.23. The number of nitriles is 1. The van der Waals surface area contributed by atoms with Gasteiger partial charge >= 0.3 is 6.01 Å². The lowest BCUT2D eigenvalue weighted by Gasteiger charge is -2.33. The Balaban J connectivity index is 1.61. The fraction of sp³-hybridized carbons (Fsp3) is 0.333. The summed E-state index contributed by atoms with van der Waals surface area (Å²) < 4.78 is 18.4. The summed E-state index contributed by atoms with van der Waals surface area (Å²) in [4.78, 5) is 13.8. The van der Waals surface area contributed by atoms with E-state index in [2.05, 4.69) is 25.9 Å². The molecule has 0 atom stereocenters. The quantitative estimate of drug-likeness (QED) is 0.862. The summed E-state index contributed by atoms with van der Waals surface area (Å²) in [5, 5.41) is 9.11. The molecule has 6 nitrogen and oxygen atoms in total. The van der Waals surface area contributed by atoms with Gasteiger partial charge in [0.15, 0.2) is 11.5 Å². The molecule has 0 amide bonds. The molecule has 0 bridgehead atoms. The minimum absolute atomic E-state index is 0.0103. The number of aromatic nitrogens is 3. The van der Waals surface area contributed by atoms with Crippen LogP contribution in [0.2, 0.25) is 0 Å². The Kier molecular flexibility index (Phi) is 4.10. The monoisotopic (exact) mass is 299 g/mol. The number of anilines is 1. The average Bonchev–Trinajstić information content (AvgIpc) is 2.58. The number of nitrogens with zero attached hydrogens (tertiary/aromatic N) is 5. The number of hydrogen-bond donors (Lipinski definition) is 0. The van der Waals surface area contributed by atoms with E-state index in [1.54, 1.807) is 6.20 Å². The van der Waals surface area contributed by atoms with Gasteiger partial charge in [-0.3, -0.25) is 0 Å². The summed E-state index contributed by atoms with van der Waals surface area (Å²) in [7, 11) is 0. The standard InChI is InChI=1S/C15H14FN5O/c16-11-9-19-15(20-10-11)22-12-3-6-21(7-4-12)14-2-1-5-18-13(14)8-17/h1-2,5,9-10,12H,3-4,6-7H2. The SMILES string of the molecule is N#Cc1ncccc1N1CCC(Oc2ncc(F)cn2)CC1. The number of hydrogen-bond acceptors (Lipinski definition) is 6. The van der Waals surface area contributed by atoms with Crippen LogP contribution in [0.3, 0.4) is 0 Å². The van der Waals surface area contributed by atoms with Gasteiger partial charge in [0.2, 0.25) is 0 Å². The average molecular weight is 299 g/mol. The highest BCUT2D eigenvalue weighted by atomic mass is 19.1. The Hall–Kier alpha value is -2.75. The van der Waals surface area contributed by atoms with Gasteiger partial charge in [-0.05, 0) is 12.1 Å². The molecule has 0 unspecified atom stereocenters. The van der Waals surface area contributed by atoms with E-state index >= 15 is 0 Å². The van der Waals surface area contributed by atoms with Gasteiger partial charge in [-0.1, -0.05) is 0 Å². The van der Waals surface area contributed by atoms with E-state index in [1.807, 2.05) is 12.1 Å². The number of piperidine rings is 1. The predicted molar refractivity (Wildman–Crippen MR) is 76.8 cm³/mol. The number of pyridine rings is 1. The molecule has 1 aliphatic heterocycles. The lowest BCUT2D eigenvalue weighted by atomic mass is 10.1. The minimum Gasteiger partial charge on any atom is -0.460 e. The van der Waals surface area contributed by atoms with Crippen LogP contribution < -0.4 is 9.64 Å². The molecule has 112 valence electrons. The molecule has 22 heavy (non-hydrogen) atoms. The summed E-state index contributed by atoms with van der Waals surface area (Å²) in [6, 6.07) is 6.03. The molecule has 0 saturated carbocycles. The van der Waals surface area contributed by atoms with Crippen molar-refractivity contribution in [1.82, 2.24) is 15.0 Å². The normalized spacial score (nSPS) is 15.4. The second-order valence-corrected chi connectivity index (χ2v) is 4.97. The van der Waals surface area contributed by atoms with Gasteiger partial charge in [0, 0.05) is 32.1 Å². The summed E-state index contributed by atoms with van der Waals surface area (Å²) >= 11 is 0. The maximum Gasteiger partial charge on any atom is 0.316 e. The topological polar surface area (TPSA) is 74.9 Å². The van der Waals surface area contributed by atoms with E-state index in [0.717, 1.165) is 44.0 Å². The molecular weight excluding hydrogens is 285 g/mol. The van der Waals surface area contributed by atoms with Crippen LogP contribution in [0.15, 0.2) is 30.7 Å². The second kappa shape index (κ2) is 6.35. The molecule has 1 aliphatic rings. The molecule has 1 saturated heterocycles. The Bertz CT molecular complexity index is 677. The Morgan fingerprint density at radius 3 is 2.64 bits per heavy atom. The van der Waals surface area contributed by atoms with E-state index in [-0.39, 0.29) is 12.1 Å². The summed E-state index contributed by atoms with van der Waals surface area (Å²) in [6.45, 7) is 1.51. The van der Waals surface area contributed by atoms with Crippen LogP contribution in [-0.2, 0) is 0 Å². The third kappa shape index (κ3) is 3.11.